The molecule has 1 aromatic carbocycles. The number of nitrogens with zero attached hydrogens (tertiary/aromatic N) is 3. The number of anilines is 1. The fourth-order valence-corrected chi connectivity index (χ4v) is 3.74. The highest BCUT2D eigenvalue weighted by Crippen LogP contribution is 2.26. The van der Waals surface area contributed by atoms with Gasteiger partial charge in [0.15, 0.2) is 10.5 Å². The highest BCUT2D eigenvalue weighted by Gasteiger charge is 2.22. The number of pyridine rings is 1. The summed E-state index contributed by atoms with van der Waals surface area (Å²) >= 11 is 5.35. The van der Waals surface area contributed by atoms with Crippen LogP contribution in [0.25, 0.3) is 10.9 Å². The molecule has 2 heterocycles. The Bertz CT molecular complexity index is 1030. The molecule has 0 spiro atoms. The summed E-state index contributed by atoms with van der Waals surface area (Å²) in [6, 6.07) is 2.73. The molecule has 154 valence electrons. The number of hydrogen-bond acceptors (Lipinski definition) is 5. The molecule has 0 amide bonds. The number of halogens is 1. The summed E-state index contributed by atoms with van der Waals surface area (Å²) in [6.07, 6.45) is 2.98. The highest BCUT2D eigenvalue weighted by atomic mass is 32.1. The molecule has 1 aliphatic rings. The van der Waals surface area contributed by atoms with Crippen LogP contribution in [0.1, 0.15) is 17.3 Å². The Hall–Kier alpha value is -2.94. The minimum absolute atomic E-state index is 0.0308. The minimum Gasteiger partial charge on any atom is -0.545 e. The van der Waals surface area contributed by atoms with Crippen LogP contribution >= 0.6 is 12.2 Å². The molecule has 0 aliphatic carbocycles. The van der Waals surface area contributed by atoms with Gasteiger partial charge in [-0.05, 0) is 31.3 Å². The summed E-state index contributed by atoms with van der Waals surface area (Å²) < 4.78 is 16.5. The van der Waals surface area contributed by atoms with Crippen LogP contribution in [0.2, 0.25) is 0 Å². The molecule has 2 aromatic rings. The van der Waals surface area contributed by atoms with Gasteiger partial charge in [0.05, 0.1) is 22.7 Å². The maximum Gasteiger partial charge on any atom is 0.198 e. The SMILES string of the molecule is C=CCNC(=S)N1CCN(c2cc3c(cc2F)c(=O)c(C(=O)[O-])cn3CC)CC1. The lowest BCUT2D eigenvalue weighted by atomic mass is 10.1. The van der Waals surface area contributed by atoms with E-state index in [4.69, 9.17) is 12.2 Å². The number of carbonyl (C=O) groups excluding carboxylic acids is 1. The fourth-order valence-electron chi connectivity index (χ4n) is 3.47. The van der Waals surface area contributed by atoms with E-state index in [1.165, 1.54) is 6.20 Å². The van der Waals surface area contributed by atoms with Gasteiger partial charge < -0.3 is 29.6 Å². The van der Waals surface area contributed by atoms with Crippen molar-refractivity contribution in [3.05, 3.63) is 52.6 Å². The third-order valence-electron chi connectivity index (χ3n) is 5.01. The summed E-state index contributed by atoms with van der Waals surface area (Å²) in [6.45, 7) is 8.87. The second-order valence-electron chi connectivity index (χ2n) is 6.71. The van der Waals surface area contributed by atoms with E-state index in [1.807, 2.05) is 16.7 Å². The molecule has 1 N–H and O–H groups in total. The second kappa shape index (κ2) is 8.60. The van der Waals surface area contributed by atoms with Gasteiger partial charge in [0.1, 0.15) is 5.82 Å². The number of benzene rings is 1. The van der Waals surface area contributed by atoms with Crippen molar-refractivity contribution in [1.82, 2.24) is 14.8 Å². The molecule has 3 rings (SSSR count). The van der Waals surface area contributed by atoms with E-state index in [0.717, 1.165) is 6.07 Å². The van der Waals surface area contributed by atoms with Crippen LogP contribution in [-0.4, -0.2) is 53.3 Å². The van der Waals surface area contributed by atoms with E-state index in [9.17, 15) is 19.1 Å². The van der Waals surface area contributed by atoms with E-state index in [-0.39, 0.29) is 5.39 Å². The van der Waals surface area contributed by atoms with Crippen LogP contribution < -0.4 is 20.8 Å². The van der Waals surface area contributed by atoms with Crippen molar-refractivity contribution in [1.29, 1.82) is 0 Å². The predicted octanol–water partition coefficient (Wildman–Crippen LogP) is 0.706. The van der Waals surface area contributed by atoms with E-state index < -0.39 is 22.8 Å². The van der Waals surface area contributed by atoms with E-state index in [2.05, 4.69) is 11.9 Å². The van der Waals surface area contributed by atoms with Crippen molar-refractivity contribution >= 4 is 39.9 Å². The monoisotopic (exact) mass is 417 g/mol. The molecule has 0 atom stereocenters. The molecule has 29 heavy (non-hydrogen) atoms. The zero-order valence-electron chi connectivity index (χ0n) is 16.1. The summed E-state index contributed by atoms with van der Waals surface area (Å²) in [5.41, 5.74) is -0.339. The number of aryl methyl sites for hydroxylation is 1. The third kappa shape index (κ3) is 4.09. The quantitative estimate of drug-likeness (QED) is 0.567. The standard InChI is InChI=1S/C20H23FN4O3S/c1-3-5-22-20(29)25-8-6-24(7-9-25)17-11-16-13(10-15(17)21)18(26)14(19(27)28)12-23(16)4-2/h3,10-12H,1,4-9H2,2H3,(H,22,29)(H,27,28)/p-1. The first kappa shape index (κ1) is 20.8. The van der Waals surface area contributed by atoms with Gasteiger partial charge in [0.2, 0.25) is 0 Å². The molecule has 1 fully saturated rings. The van der Waals surface area contributed by atoms with Crippen LogP contribution in [0.15, 0.2) is 35.8 Å². The molecule has 9 heteroatoms. The summed E-state index contributed by atoms with van der Waals surface area (Å²) in [7, 11) is 0. The molecular formula is C20H22FN4O3S-. The Balaban J connectivity index is 1.92. The second-order valence-corrected chi connectivity index (χ2v) is 7.10. The molecule has 0 radical (unpaired) electrons. The maximum absolute atomic E-state index is 14.9. The number of piperazine rings is 1. The average molecular weight is 417 g/mol. The van der Waals surface area contributed by atoms with Crippen molar-refractivity contribution in [2.24, 2.45) is 0 Å². The lowest BCUT2D eigenvalue weighted by Crippen LogP contribution is -2.52. The first-order valence-electron chi connectivity index (χ1n) is 9.34. The lowest BCUT2D eigenvalue weighted by Gasteiger charge is -2.37. The van der Waals surface area contributed by atoms with Crippen molar-refractivity contribution in [3.63, 3.8) is 0 Å². The first-order valence-corrected chi connectivity index (χ1v) is 9.74. The van der Waals surface area contributed by atoms with Gasteiger partial charge >= 0.3 is 0 Å². The highest BCUT2D eigenvalue weighted by molar-refractivity contribution is 7.80. The average Bonchev–Trinajstić information content (AvgIpc) is 2.72. The van der Waals surface area contributed by atoms with Gasteiger partial charge in [-0.1, -0.05) is 6.08 Å². The van der Waals surface area contributed by atoms with Crippen molar-refractivity contribution < 1.29 is 14.3 Å². The van der Waals surface area contributed by atoms with Crippen molar-refractivity contribution in [2.45, 2.75) is 13.5 Å². The van der Waals surface area contributed by atoms with Crippen LogP contribution in [0.4, 0.5) is 10.1 Å². The fraction of sp³-hybridized carbons (Fsp3) is 0.350. The predicted molar refractivity (Wildman–Crippen MR) is 113 cm³/mol. The molecule has 7 nitrogen and oxygen atoms in total. The van der Waals surface area contributed by atoms with Crippen LogP contribution in [0, 0.1) is 5.82 Å². The van der Waals surface area contributed by atoms with Gasteiger partial charge in [0.25, 0.3) is 0 Å². The van der Waals surface area contributed by atoms with Crippen LogP contribution in [0.5, 0.6) is 0 Å². The van der Waals surface area contributed by atoms with Crippen molar-refractivity contribution in [2.75, 3.05) is 37.6 Å². The number of nitrogens with one attached hydrogen (secondary N) is 1. The molecule has 0 saturated carbocycles. The van der Waals surface area contributed by atoms with Gasteiger partial charge in [-0.25, -0.2) is 4.39 Å². The number of thiocarbonyl (C=S) groups is 1. The van der Waals surface area contributed by atoms with Gasteiger partial charge in [0, 0.05) is 50.9 Å². The van der Waals surface area contributed by atoms with Crippen molar-refractivity contribution in [3.8, 4) is 0 Å². The molecule has 0 unspecified atom stereocenters. The normalized spacial score (nSPS) is 14.1. The Morgan fingerprint density at radius 3 is 2.62 bits per heavy atom. The van der Waals surface area contributed by atoms with Crippen LogP contribution in [0.3, 0.4) is 0 Å². The number of carboxylic acids is 1. The zero-order chi connectivity index (χ0) is 21.1. The number of fused-ring (bicyclic) bond motifs is 1. The minimum atomic E-state index is -1.57. The molecular weight excluding hydrogens is 395 g/mol. The molecule has 0 bridgehead atoms. The third-order valence-corrected chi connectivity index (χ3v) is 5.42. The Labute approximate surface area is 173 Å². The number of aromatic nitrogens is 1. The topological polar surface area (TPSA) is 80.6 Å². The molecule has 1 aliphatic heterocycles. The smallest absolute Gasteiger partial charge is 0.198 e. The number of carboxylic acid groups (broad SMARTS) is 1. The maximum atomic E-state index is 14.9. The number of rotatable bonds is 5. The zero-order valence-corrected chi connectivity index (χ0v) is 16.9. The van der Waals surface area contributed by atoms with Gasteiger partial charge in [-0.15, -0.1) is 6.58 Å². The number of carbonyl (C=O) groups is 1. The molecule has 1 saturated heterocycles. The lowest BCUT2D eigenvalue weighted by molar-refractivity contribution is -0.255. The Morgan fingerprint density at radius 2 is 2.03 bits per heavy atom. The summed E-state index contributed by atoms with van der Waals surface area (Å²) in [4.78, 5) is 27.6. The Morgan fingerprint density at radius 1 is 1.34 bits per heavy atom. The van der Waals surface area contributed by atoms with Crippen LogP contribution in [-0.2, 0) is 6.54 Å². The number of aromatic carboxylic acids is 1. The Kier molecular flexibility index (Phi) is 6.17. The first-order chi connectivity index (χ1) is 13.9. The largest absolute Gasteiger partial charge is 0.545 e. The van der Waals surface area contributed by atoms with Gasteiger partial charge in [-0.2, -0.15) is 0 Å². The summed E-state index contributed by atoms with van der Waals surface area (Å²) in [5.74, 6) is -2.13. The molecule has 1 aromatic heterocycles. The van der Waals surface area contributed by atoms with Gasteiger partial charge in [-0.3, -0.25) is 4.79 Å². The van der Waals surface area contributed by atoms with E-state index in [0.29, 0.717) is 55.6 Å². The van der Waals surface area contributed by atoms with E-state index in [1.54, 1.807) is 16.7 Å². The van der Waals surface area contributed by atoms with E-state index >= 15 is 0 Å². The number of hydrogen-bond donors (Lipinski definition) is 1. The summed E-state index contributed by atoms with van der Waals surface area (Å²) in [5, 5.41) is 15.0.